The van der Waals surface area contributed by atoms with E-state index in [-0.39, 0.29) is 11.6 Å². The highest BCUT2D eigenvalue weighted by atomic mass is 35.5. The predicted molar refractivity (Wildman–Crippen MR) is 99.4 cm³/mol. The topological polar surface area (TPSA) is 85.7 Å². The highest BCUT2D eigenvalue weighted by molar-refractivity contribution is 6.33. The van der Waals surface area contributed by atoms with Gasteiger partial charge >= 0.3 is 0 Å². The summed E-state index contributed by atoms with van der Waals surface area (Å²) in [6.07, 6.45) is 5.10. The first-order valence-electron chi connectivity index (χ1n) is 7.78. The quantitative estimate of drug-likeness (QED) is 0.601. The molecule has 0 saturated heterocycles. The van der Waals surface area contributed by atoms with Crippen LogP contribution in [0.1, 0.15) is 0 Å². The standard InChI is InChI=1S/C18H14ClN5O2/c1-24-8-13(21-9-24)15-16-14(17(25)23-18(22-16)26-2)11(7-20-15)10-5-3-4-6-12(10)19/h3-9H,1-2H3,(H,22,23,25). The van der Waals surface area contributed by atoms with Crippen LogP contribution < -0.4 is 10.3 Å². The Morgan fingerprint density at radius 2 is 2.00 bits per heavy atom. The minimum Gasteiger partial charge on any atom is -0.468 e. The molecule has 0 saturated carbocycles. The largest absolute Gasteiger partial charge is 0.468 e. The number of methoxy groups -OCH3 is 1. The second-order valence-electron chi connectivity index (χ2n) is 5.72. The molecule has 3 heterocycles. The van der Waals surface area contributed by atoms with Gasteiger partial charge in [-0.1, -0.05) is 29.8 Å². The Labute approximate surface area is 153 Å². The molecular formula is C18H14ClN5O2. The fourth-order valence-electron chi connectivity index (χ4n) is 2.83. The molecule has 7 nitrogen and oxygen atoms in total. The minimum atomic E-state index is -0.332. The SMILES string of the molecule is COc1nc2c(-c3cn(C)cn3)ncc(-c3ccccc3Cl)c2c(=O)[nH]1. The van der Waals surface area contributed by atoms with Gasteiger partial charge in [0.2, 0.25) is 0 Å². The third-order valence-electron chi connectivity index (χ3n) is 4.02. The number of H-pyrrole nitrogens is 1. The van der Waals surface area contributed by atoms with E-state index in [0.29, 0.717) is 38.4 Å². The number of aromatic nitrogens is 5. The lowest BCUT2D eigenvalue weighted by atomic mass is 10.0. The highest BCUT2D eigenvalue weighted by Gasteiger charge is 2.19. The van der Waals surface area contributed by atoms with E-state index in [4.69, 9.17) is 16.3 Å². The van der Waals surface area contributed by atoms with E-state index in [1.54, 1.807) is 23.2 Å². The van der Waals surface area contributed by atoms with Gasteiger partial charge in [-0.25, -0.2) is 4.98 Å². The van der Waals surface area contributed by atoms with Crippen molar-refractivity contribution in [2.45, 2.75) is 0 Å². The van der Waals surface area contributed by atoms with Crippen LogP contribution in [0.3, 0.4) is 0 Å². The van der Waals surface area contributed by atoms with E-state index >= 15 is 0 Å². The summed E-state index contributed by atoms with van der Waals surface area (Å²) in [5, 5.41) is 0.908. The van der Waals surface area contributed by atoms with Gasteiger partial charge in [-0.05, 0) is 6.07 Å². The zero-order chi connectivity index (χ0) is 18.3. The summed E-state index contributed by atoms with van der Waals surface area (Å²) in [5.74, 6) is 0. The van der Waals surface area contributed by atoms with Gasteiger partial charge < -0.3 is 9.30 Å². The number of fused-ring (bicyclic) bond motifs is 1. The highest BCUT2D eigenvalue weighted by Crippen LogP contribution is 2.34. The summed E-state index contributed by atoms with van der Waals surface area (Å²) in [4.78, 5) is 28.7. The van der Waals surface area contributed by atoms with Crippen LogP contribution in [0.4, 0.5) is 0 Å². The summed E-state index contributed by atoms with van der Waals surface area (Å²) in [5.41, 5.74) is 2.49. The molecule has 0 bridgehead atoms. The number of nitrogens with zero attached hydrogens (tertiary/aromatic N) is 4. The summed E-state index contributed by atoms with van der Waals surface area (Å²) in [6, 6.07) is 7.39. The molecule has 0 aliphatic heterocycles. The van der Waals surface area contributed by atoms with Crippen molar-refractivity contribution in [3.63, 3.8) is 0 Å². The van der Waals surface area contributed by atoms with E-state index in [0.717, 1.165) is 0 Å². The van der Waals surface area contributed by atoms with Crippen molar-refractivity contribution in [2.24, 2.45) is 7.05 Å². The number of hydrogen-bond donors (Lipinski definition) is 1. The number of rotatable bonds is 3. The smallest absolute Gasteiger partial charge is 0.296 e. The molecule has 0 spiro atoms. The van der Waals surface area contributed by atoms with Gasteiger partial charge in [0.15, 0.2) is 0 Å². The van der Waals surface area contributed by atoms with Crippen LogP contribution in [-0.4, -0.2) is 31.6 Å². The first kappa shape index (κ1) is 16.3. The maximum atomic E-state index is 12.8. The summed E-state index contributed by atoms with van der Waals surface area (Å²) >= 11 is 6.33. The zero-order valence-corrected chi connectivity index (χ0v) is 14.8. The Bertz CT molecular complexity index is 1180. The third-order valence-corrected chi connectivity index (χ3v) is 4.35. The molecular weight excluding hydrogens is 354 g/mol. The molecule has 0 unspecified atom stereocenters. The van der Waals surface area contributed by atoms with Crippen molar-refractivity contribution in [3.05, 3.63) is 58.4 Å². The summed E-state index contributed by atoms with van der Waals surface area (Å²) in [7, 11) is 3.30. The van der Waals surface area contributed by atoms with Crippen molar-refractivity contribution in [3.8, 4) is 28.5 Å². The Balaban J connectivity index is 2.11. The van der Waals surface area contributed by atoms with Gasteiger partial charge in [0.05, 0.1) is 18.8 Å². The van der Waals surface area contributed by atoms with Crippen LogP contribution in [-0.2, 0) is 7.05 Å². The molecule has 0 fully saturated rings. The molecule has 0 amide bonds. The van der Waals surface area contributed by atoms with E-state index in [1.165, 1.54) is 7.11 Å². The van der Waals surface area contributed by atoms with Crippen LogP contribution in [0, 0.1) is 0 Å². The van der Waals surface area contributed by atoms with Gasteiger partial charge in [-0.3, -0.25) is 14.8 Å². The molecule has 0 aliphatic rings. The van der Waals surface area contributed by atoms with E-state index < -0.39 is 0 Å². The number of aromatic amines is 1. The minimum absolute atomic E-state index is 0.109. The maximum Gasteiger partial charge on any atom is 0.296 e. The zero-order valence-electron chi connectivity index (χ0n) is 14.0. The molecule has 1 aromatic carbocycles. The average Bonchev–Trinajstić information content (AvgIpc) is 3.07. The first-order chi connectivity index (χ1) is 12.6. The molecule has 1 N–H and O–H groups in total. The average molecular weight is 368 g/mol. The Morgan fingerprint density at radius 1 is 1.19 bits per heavy atom. The van der Waals surface area contributed by atoms with Crippen molar-refractivity contribution in [1.82, 2.24) is 24.5 Å². The molecule has 0 atom stereocenters. The van der Waals surface area contributed by atoms with Crippen LogP contribution in [0.15, 0.2) is 47.8 Å². The lowest BCUT2D eigenvalue weighted by Crippen LogP contribution is -2.12. The predicted octanol–water partition coefficient (Wildman–Crippen LogP) is 3.05. The molecule has 4 rings (SSSR count). The molecule has 0 radical (unpaired) electrons. The molecule has 3 aromatic heterocycles. The van der Waals surface area contributed by atoms with E-state index in [2.05, 4.69) is 19.9 Å². The first-order valence-corrected chi connectivity index (χ1v) is 8.16. The van der Waals surface area contributed by atoms with Gasteiger partial charge in [0.1, 0.15) is 16.9 Å². The number of imidazole rings is 1. The van der Waals surface area contributed by atoms with Gasteiger partial charge in [0.25, 0.3) is 11.6 Å². The van der Waals surface area contributed by atoms with E-state index in [9.17, 15) is 4.79 Å². The number of halogens is 1. The molecule has 130 valence electrons. The number of nitrogens with one attached hydrogen (secondary N) is 1. The fraction of sp³-hybridized carbons (Fsp3) is 0.111. The van der Waals surface area contributed by atoms with Crippen LogP contribution >= 0.6 is 11.6 Å². The van der Waals surface area contributed by atoms with Crippen molar-refractivity contribution in [2.75, 3.05) is 7.11 Å². The summed E-state index contributed by atoms with van der Waals surface area (Å²) < 4.78 is 6.92. The van der Waals surface area contributed by atoms with Crippen molar-refractivity contribution >= 4 is 22.5 Å². The number of pyridine rings is 1. The number of hydrogen-bond acceptors (Lipinski definition) is 5. The Hall–Kier alpha value is -3.19. The maximum absolute atomic E-state index is 12.8. The van der Waals surface area contributed by atoms with Crippen LogP contribution in [0.25, 0.3) is 33.4 Å². The Morgan fingerprint density at radius 3 is 2.69 bits per heavy atom. The normalized spacial score (nSPS) is 11.0. The third kappa shape index (κ3) is 2.62. The number of ether oxygens (including phenoxy) is 1. The molecule has 4 aromatic rings. The molecule has 0 aliphatic carbocycles. The Kier molecular flexibility index (Phi) is 3.93. The van der Waals surface area contributed by atoms with Crippen molar-refractivity contribution in [1.29, 1.82) is 0 Å². The van der Waals surface area contributed by atoms with Crippen LogP contribution in [0.2, 0.25) is 5.02 Å². The van der Waals surface area contributed by atoms with Crippen molar-refractivity contribution < 1.29 is 4.74 Å². The van der Waals surface area contributed by atoms with E-state index in [1.807, 2.05) is 31.4 Å². The van der Waals surface area contributed by atoms with Crippen LogP contribution in [0.5, 0.6) is 6.01 Å². The second-order valence-corrected chi connectivity index (χ2v) is 6.13. The summed E-state index contributed by atoms with van der Waals surface area (Å²) in [6.45, 7) is 0. The van der Waals surface area contributed by atoms with Gasteiger partial charge in [0, 0.05) is 35.6 Å². The molecule has 8 heteroatoms. The van der Waals surface area contributed by atoms with Gasteiger partial charge in [-0.15, -0.1) is 0 Å². The van der Waals surface area contributed by atoms with Gasteiger partial charge in [-0.2, -0.15) is 4.98 Å². The number of aryl methyl sites for hydroxylation is 1. The number of benzene rings is 1. The molecule has 26 heavy (non-hydrogen) atoms. The monoisotopic (exact) mass is 367 g/mol. The fourth-order valence-corrected chi connectivity index (χ4v) is 3.07. The lowest BCUT2D eigenvalue weighted by molar-refractivity contribution is 0.380. The lowest BCUT2D eigenvalue weighted by Gasteiger charge is -2.10. The second kappa shape index (κ2) is 6.27.